The Bertz CT molecular complexity index is 748. The molecule has 0 aliphatic carbocycles. The highest BCUT2D eigenvalue weighted by atomic mass is 19.1. The first-order chi connectivity index (χ1) is 14.7. The lowest BCUT2D eigenvalue weighted by Crippen LogP contribution is -2.75. The molecule has 0 bridgehead atoms. The van der Waals surface area contributed by atoms with Crippen molar-refractivity contribution in [2.24, 2.45) is 5.73 Å². The summed E-state index contributed by atoms with van der Waals surface area (Å²) in [6, 6.07) is -3.27. The van der Waals surface area contributed by atoms with Crippen LogP contribution >= 0.6 is 0 Å². The quantitative estimate of drug-likeness (QED) is 0.260. The first-order valence-electron chi connectivity index (χ1n) is 9.37. The fourth-order valence-corrected chi connectivity index (χ4v) is 3.15. The summed E-state index contributed by atoms with van der Waals surface area (Å²) < 4.78 is 39.6. The van der Waals surface area contributed by atoms with E-state index in [0.29, 0.717) is 0 Å². The van der Waals surface area contributed by atoms with Gasteiger partial charge in [0.1, 0.15) is 12.7 Å². The van der Waals surface area contributed by atoms with Gasteiger partial charge in [-0.25, -0.2) is 9.18 Å². The molecule has 0 aromatic rings. The number of ether oxygens (including phenoxy) is 5. The smallest absolute Gasteiger partial charge is 0.369 e. The number of hydrogen-bond donors (Lipinski definition) is 3. The number of aliphatic hydroxyl groups is 1. The number of esters is 4. The van der Waals surface area contributed by atoms with E-state index in [1.165, 1.54) is 0 Å². The molecule has 1 rings (SSSR count). The van der Waals surface area contributed by atoms with E-state index >= 15 is 0 Å². The molecule has 0 aromatic heterocycles. The fraction of sp³-hybridized carbons (Fsp3) is 0.722. The lowest BCUT2D eigenvalue weighted by molar-refractivity contribution is -0.307. The minimum Gasteiger partial charge on any atom is -0.465 e. The summed E-state index contributed by atoms with van der Waals surface area (Å²) in [5.74, 6) is -8.13. The number of carbonyl (C=O) groups excluding carboxylic acids is 5. The van der Waals surface area contributed by atoms with E-state index in [4.69, 9.17) is 24.7 Å². The van der Waals surface area contributed by atoms with Crippen LogP contribution in [-0.2, 0) is 47.7 Å². The van der Waals surface area contributed by atoms with E-state index in [1.54, 1.807) is 0 Å². The van der Waals surface area contributed by atoms with Gasteiger partial charge < -0.3 is 39.8 Å². The summed E-state index contributed by atoms with van der Waals surface area (Å²) in [5.41, 5.74) is 5.85. The number of alkyl halides is 1. The Morgan fingerprint density at radius 3 is 2.09 bits per heavy atom. The van der Waals surface area contributed by atoms with Crippen LogP contribution in [0.2, 0.25) is 0 Å². The molecular weight excluding hydrogens is 439 g/mol. The van der Waals surface area contributed by atoms with Crippen molar-refractivity contribution in [3.63, 3.8) is 0 Å². The highest BCUT2D eigenvalue weighted by Gasteiger charge is 2.62. The molecule has 4 N–H and O–H groups in total. The summed E-state index contributed by atoms with van der Waals surface area (Å²) >= 11 is 0. The van der Waals surface area contributed by atoms with Crippen LogP contribution in [0.15, 0.2) is 0 Å². The predicted molar refractivity (Wildman–Crippen MR) is 100 cm³/mol. The average molecular weight is 466 g/mol. The van der Waals surface area contributed by atoms with Gasteiger partial charge >= 0.3 is 29.7 Å². The van der Waals surface area contributed by atoms with Gasteiger partial charge in [-0.05, 0) is 0 Å². The molecule has 4 unspecified atom stereocenters. The maximum Gasteiger partial charge on any atom is 0.369 e. The fourth-order valence-electron chi connectivity index (χ4n) is 3.15. The van der Waals surface area contributed by atoms with Gasteiger partial charge in [-0.3, -0.25) is 19.2 Å². The number of halogens is 1. The van der Waals surface area contributed by atoms with E-state index < -0.39 is 78.7 Å². The molecule has 13 nitrogen and oxygen atoms in total. The second kappa shape index (κ2) is 11.2. The molecule has 1 saturated heterocycles. The van der Waals surface area contributed by atoms with Crippen molar-refractivity contribution in [1.29, 1.82) is 0 Å². The van der Waals surface area contributed by atoms with E-state index in [0.717, 1.165) is 34.8 Å². The van der Waals surface area contributed by atoms with Crippen LogP contribution in [0, 0.1) is 0 Å². The van der Waals surface area contributed by atoms with Crippen molar-refractivity contribution in [3.05, 3.63) is 0 Å². The largest absolute Gasteiger partial charge is 0.465 e. The molecule has 0 saturated carbocycles. The Kier molecular flexibility index (Phi) is 9.48. The molecule has 14 heteroatoms. The van der Waals surface area contributed by atoms with Crippen LogP contribution in [0.3, 0.4) is 0 Å². The molecule has 1 aliphatic rings. The molecule has 0 spiro atoms. The zero-order chi connectivity index (χ0) is 24.8. The van der Waals surface area contributed by atoms with Crippen molar-refractivity contribution in [2.75, 3.05) is 13.7 Å². The van der Waals surface area contributed by atoms with Gasteiger partial charge in [-0.1, -0.05) is 0 Å². The first kappa shape index (κ1) is 27.2. The van der Waals surface area contributed by atoms with E-state index in [1.807, 2.05) is 0 Å². The van der Waals surface area contributed by atoms with Gasteiger partial charge in [-0.2, -0.15) is 0 Å². The Labute approximate surface area is 182 Å². The highest BCUT2D eigenvalue weighted by molar-refractivity contribution is 5.79. The Morgan fingerprint density at radius 2 is 1.66 bits per heavy atom. The highest BCUT2D eigenvalue weighted by Crippen LogP contribution is 2.34. The maximum atomic E-state index is 14.9. The Hall–Kier alpha value is -2.84. The van der Waals surface area contributed by atoms with Crippen LogP contribution in [0.1, 0.15) is 27.7 Å². The van der Waals surface area contributed by atoms with E-state index in [-0.39, 0.29) is 0 Å². The molecule has 0 aromatic carbocycles. The number of nitrogens with one attached hydrogen (secondary N) is 1. The summed E-state index contributed by atoms with van der Waals surface area (Å²) in [7, 11) is 0.850. The maximum absolute atomic E-state index is 14.9. The molecule has 0 radical (unpaired) electrons. The normalized spacial score (nSPS) is 29.1. The van der Waals surface area contributed by atoms with Crippen LogP contribution < -0.4 is 11.1 Å². The SMILES string of the molecule is COC(=O)C1(O)OC([C@H](OC(C)=O)[C@@H](COC(C)=O)OC(C)=O)C(NC(C)=O)C(N)[C@H]1F. The zero-order valence-electron chi connectivity index (χ0n) is 18.2. The second-order valence-corrected chi connectivity index (χ2v) is 7.00. The Morgan fingerprint density at radius 1 is 1.09 bits per heavy atom. The van der Waals surface area contributed by atoms with Gasteiger partial charge in [0.2, 0.25) is 5.91 Å². The minimum atomic E-state index is -3.26. The topological polar surface area (TPSA) is 190 Å². The van der Waals surface area contributed by atoms with Crippen LogP contribution in [0.4, 0.5) is 4.39 Å². The van der Waals surface area contributed by atoms with Crippen molar-refractivity contribution in [3.8, 4) is 0 Å². The van der Waals surface area contributed by atoms with Gasteiger partial charge in [0.05, 0.1) is 19.2 Å². The van der Waals surface area contributed by atoms with Crippen molar-refractivity contribution >= 4 is 29.8 Å². The van der Waals surface area contributed by atoms with Gasteiger partial charge in [0.25, 0.3) is 0 Å². The lowest BCUT2D eigenvalue weighted by atomic mass is 9.85. The van der Waals surface area contributed by atoms with Crippen LogP contribution in [0.25, 0.3) is 0 Å². The lowest BCUT2D eigenvalue weighted by Gasteiger charge is -2.48. The number of rotatable bonds is 8. The van der Waals surface area contributed by atoms with Crippen LogP contribution in [0.5, 0.6) is 0 Å². The summed E-state index contributed by atoms with van der Waals surface area (Å²) in [6.45, 7) is 3.46. The van der Waals surface area contributed by atoms with Gasteiger partial charge in [-0.15, -0.1) is 0 Å². The van der Waals surface area contributed by atoms with Gasteiger partial charge in [0, 0.05) is 27.7 Å². The number of nitrogens with two attached hydrogens (primary N) is 1. The molecule has 1 aliphatic heterocycles. The molecule has 7 atom stereocenters. The number of hydrogen-bond acceptors (Lipinski definition) is 12. The molecule has 1 heterocycles. The molecule has 1 amide bonds. The third kappa shape index (κ3) is 6.58. The number of amides is 1. The van der Waals surface area contributed by atoms with E-state index in [9.17, 15) is 33.5 Å². The molecule has 32 heavy (non-hydrogen) atoms. The number of methoxy groups -OCH3 is 1. The Balaban J connectivity index is 3.56. The van der Waals surface area contributed by atoms with Crippen molar-refractivity contribution < 1.29 is 57.2 Å². The molecule has 1 fully saturated rings. The molecular formula is C18H27FN2O11. The standard InChI is InChI=1S/C18H27FN2O11/c1-7(22)21-13-12(20)16(19)18(27,17(26)28-5)32-15(13)14(31-10(4)25)11(30-9(3)24)6-29-8(2)23/h11-16,27H,6,20H2,1-5H3,(H,21,22)/t11-,12?,13?,14-,15?,16-,18?/m1/s1. The predicted octanol–water partition coefficient (Wildman–Crippen LogP) is -2.16. The number of carbonyl (C=O) groups is 5. The molecule has 182 valence electrons. The zero-order valence-corrected chi connectivity index (χ0v) is 18.2. The second-order valence-electron chi connectivity index (χ2n) is 7.00. The van der Waals surface area contributed by atoms with Crippen molar-refractivity contribution in [2.45, 2.75) is 70.0 Å². The first-order valence-corrected chi connectivity index (χ1v) is 9.37. The van der Waals surface area contributed by atoms with Crippen molar-refractivity contribution in [1.82, 2.24) is 5.32 Å². The van der Waals surface area contributed by atoms with E-state index in [2.05, 4.69) is 10.1 Å². The van der Waals surface area contributed by atoms with Gasteiger partial charge in [0.15, 0.2) is 18.4 Å². The summed E-state index contributed by atoms with van der Waals surface area (Å²) in [6.07, 6.45) is -7.61. The minimum absolute atomic E-state index is 0.648. The third-order valence-electron chi connectivity index (χ3n) is 4.40. The summed E-state index contributed by atoms with van der Waals surface area (Å²) in [5, 5.41) is 12.9. The van der Waals surface area contributed by atoms with Crippen LogP contribution in [-0.4, -0.2) is 91.0 Å². The third-order valence-corrected chi connectivity index (χ3v) is 4.40. The average Bonchev–Trinajstić information content (AvgIpc) is 2.68. The summed E-state index contributed by atoms with van der Waals surface area (Å²) in [4.78, 5) is 58.4. The monoisotopic (exact) mass is 466 g/mol.